The van der Waals surface area contributed by atoms with Crippen molar-refractivity contribution in [3.05, 3.63) is 24.3 Å². The van der Waals surface area contributed by atoms with Gasteiger partial charge in [0, 0.05) is 12.2 Å². The highest BCUT2D eigenvalue weighted by atomic mass is 32.2. The number of aliphatic hydroxyl groups excluding tert-OH is 1. The highest BCUT2D eigenvalue weighted by molar-refractivity contribution is 7.91. The van der Waals surface area contributed by atoms with E-state index in [1.807, 2.05) is 13.8 Å². The molecule has 0 saturated heterocycles. The van der Waals surface area contributed by atoms with Crippen LogP contribution in [0.15, 0.2) is 29.2 Å². The molecule has 102 valence electrons. The Kier molecular flexibility index (Phi) is 5.16. The Morgan fingerprint density at radius 1 is 1.22 bits per heavy atom. The van der Waals surface area contributed by atoms with E-state index in [0.717, 1.165) is 5.69 Å². The van der Waals surface area contributed by atoms with E-state index in [1.54, 1.807) is 31.2 Å². The summed E-state index contributed by atoms with van der Waals surface area (Å²) in [6, 6.07) is 6.61. The molecule has 5 heteroatoms. The summed E-state index contributed by atoms with van der Waals surface area (Å²) in [5.41, 5.74) is 0.810. The lowest BCUT2D eigenvalue weighted by Gasteiger charge is -2.16. The zero-order valence-electron chi connectivity index (χ0n) is 11.1. The van der Waals surface area contributed by atoms with Crippen LogP contribution in [-0.2, 0) is 9.84 Å². The minimum atomic E-state index is -3.14. The number of hydrogen-bond acceptors (Lipinski definition) is 4. The molecule has 0 fully saturated rings. The second-order valence-corrected chi connectivity index (χ2v) is 6.90. The van der Waals surface area contributed by atoms with Crippen LogP contribution in [0, 0.1) is 5.92 Å². The molecular weight excluding hydrogens is 250 g/mol. The number of benzene rings is 1. The molecule has 1 aromatic carbocycles. The summed E-state index contributed by atoms with van der Waals surface area (Å²) in [7, 11) is -3.14. The van der Waals surface area contributed by atoms with Crippen molar-refractivity contribution in [2.24, 2.45) is 5.92 Å². The number of anilines is 1. The van der Waals surface area contributed by atoms with Crippen LogP contribution in [0.1, 0.15) is 20.8 Å². The molecule has 0 aliphatic heterocycles. The first-order valence-electron chi connectivity index (χ1n) is 6.11. The summed E-state index contributed by atoms with van der Waals surface area (Å²) < 4.78 is 23.2. The molecule has 0 heterocycles. The van der Waals surface area contributed by atoms with Crippen molar-refractivity contribution in [3.8, 4) is 0 Å². The van der Waals surface area contributed by atoms with Gasteiger partial charge in [-0.05, 0) is 30.2 Å². The van der Waals surface area contributed by atoms with Gasteiger partial charge in [-0.3, -0.25) is 0 Å². The van der Waals surface area contributed by atoms with Crippen molar-refractivity contribution in [3.63, 3.8) is 0 Å². The monoisotopic (exact) mass is 271 g/mol. The average molecular weight is 271 g/mol. The Morgan fingerprint density at radius 2 is 1.78 bits per heavy atom. The zero-order chi connectivity index (χ0) is 13.8. The van der Waals surface area contributed by atoms with Gasteiger partial charge in [0.15, 0.2) is 9.84 Å². The SMILES string of the molecule is CCS(=O)(=O)c1ccc(NCC(O)C(C)C)cc1. The van der Waals surface area contributed by atoms with Crippen molar-refractivity contribution in [2.75, 3.05) is 17.6 Å². The smallest absolute Gasteiger partial charge is 0.178 e. The Balaban J connectivity index is 2.67. The molecule has 0 amide bonds. The molecule has 1 unspecified atom stereocenters. The molecule has 0 saturated carbocycles. The Labute approximate surface area is 109 Å². The Bertz CT molecular complexity index is 466. The molecule has 2 N–H and O–H groups in total. The van der Waals surface area contributed by atoms with Crippen molar-refractivity contribution in [2.45, 2.75) is 31.8 Å². The zero-order valence-corrected chi connectivity index (χ0v) is 11.9. The Morgan fingerprint density at radius 3 is 2.22 bits per heavy atom. The molecular formula is C13H21NO3S. The number of rotatable bonds is 6. The third-order valence-corrected chi connectivity index (χ3v) is 4.63. The second kappa shape index (κ2) is 6.20. The Hall–Kier alpha value is -1.07. The lowest BCUT2D eigenvalue weighted by Crippen LogP contribution is -2.24. The van der Waals surface area contributed by atoms with Gasteiger partial charge in [0.2, 0.25) is 0 Å². The molecule has 1 rings (SSSR count). The van der Waals surface area contributed by atoms with Gasteiger partial charge in [0.1, 0.15) is 0 Å². The van der Waals surface area contributed by atoms with E-state index in [0.29, 0.717) is 11.4 Å². The van der Waals surface area contributed by atoms with E-state index >= 15 is 0 Å². The van der Waals surface area contributed by atoms with Gasteiger partial charge in [-0.25, -0.2) is 8.42 Å². The van der Waals surface area contributed by atoms with Crippen molar-refractivity contribution in [1.82, 2.24) is 0 Å². The fourth-order valence-corrected chi connectivity index (χ4v) is 2.29. The molecule has 0 radical (unpaired) electrons. The second-order valence-electron chi connectivity index (χ2n) is 4.62. The fourth-order valence-electron chi connectivity index (χ4n) is 1.40. The summed E-state index contributed by atoms with van der Waals surface area (Å²) in [6.07, 6.45) is -0.413. The number of sulfone groups is 1. The first kappa shape index (κ1) is 15.0. The topological polar surface area (TPSA) is 66.4 Å². The third-order valence-electron chi connectivity index (χ3n) is 2.88. The van der Waals surface area contributed by atoms with Crippen LogP contribution in [0.2, 0.25) is 0 Å². The lowest BCUT2D eigenvalue weighted by molar-refractivity contribution is 0.138. The summed E-state index contributed by atoms with van der Waals surface area (Å²) in [6.45, 7) is 5.98. The minimum absolute atomic E-state index is 0.103. The van der Waals surface area contributed by atoms with Gasteiger partial charge in [0.05, 0.1) is 16.8 Å². The van der Waals surface area contributed by atoms with Gasteiger partial charge < -0.3 is 10.4 Å². The number of nitrogens with one attached hydrogen (secondary N) is 1. The maximum Gasteiger partial charge on any atom is 0.178 e. The van der Waals surface area contributed by atoms with Crippen LogP contribution >= 0.6 is 0 Å². The van der Waals surface area contributed by atoms with Crippen LogP contribution < -0.4 is 5.32 Å². The van der Waals surface area contributed by atoms with E-state index in [1.165, 1.54) is 0 Å². The molecule has 0 aromatic heterocycles. The highest BCUT2D eigenvalue weighted by Gasteiger charge is 2.11. The highest BCUT2D eigenvalue weighted by Crippen LogP contribution is 2.15. The predicted octanol–water partition coefficient (Wildman–Crippen LogP) is 1.91. The predicted molar refractivity (Wildman–Crippen MR) is 73.5 cm³/mol. The normalized spacial score (nSPS) is 13.6. The standard InChI is InChI=1S/C13H21NO3S/c1-4-18(16,17)12-7-5-11(6-8-12)14-9-13(15)10(2)3/h5-8,10,13-15H,4,9H2,1-3H3. The van der Waals surface area contributed by atoms with Crippen molar-refractivity contribution < 1.29 is 13.5 Å². The van der Waals surface area contributed by atoms with Gasteiger partial charge in [-0.1, -0.05) is 20.8 Å². The van der Waals surface area contributed by atoms with Crippen molar-refractivity contribution >= 4 is 15.5 Å². The van der Waals surface area contributed by atoms with Gasteiger partial charge >= 0.3 is 0 Å². The average Bonchev–Trinajstić information content (AvgIpc) is 2.36. The summed E-state index contributed by atoms with van der Waals surface area (Å²) in [5, 5.41) is 12.7. The van der Waals surface area contributed by atoms with Crippen LogP contribution in [0.25, 0.3) is 0 Å². The maximum absolute atomic E-state index is 11.6. The molecule has 18 heavy (non-hydrogen) atoms. The first-order valence-corrected chi connectivity index (χ1v) is 7.76. The molecule has 0 bridgehead atoms. The quantitative estimate of drug-likeness (QED) is 0.829. The van der Waals surface area contributed by atoms with Crippen LogP contribution in [0.3, 0.4) is 0 Å². The van der Waals surface area contributed by atoms with E-state index in [-0.39, 0.29) is 11.7 Å². The van der Waals surface area contributed by atoms with E-state index in [2.05, 4.69) is 5.32 Å². The van der Waals surface area contributed by atoms with Gasteiger partial charge in [-0.2, -0.15) is 0 Å². The summed E-state index contributed by atoms with van der Waals surface area (Å²) in [5.74, 6) is 0.295. The molecule has 0 aliphatic rings. The van der Waals surface area contributed by atoms with Crippen LogP contribution in [-0.4, -0.2) is 31.9 Å². The molecule has 1 aromatic rings. The van der Waals surface area contributed by atoms with Gasteiger partial charge in [-0.15, -0.1) is 0 Å². The minimum Gasteiger partial charge on any atom is -0.391 e. The van der Waals surface area contributed by atoms with Crippen molar-refractivity contribution in [1.29, 1.82) is 0 Å². The van der Waals surface area contributed by atoms with E-state index < -0.39 is 15.9 Å². The summed E-state index contributed by atoms with van der Waals surface area (Å²) in [4.78, 5) is 0.333. The third kappa shape index (κ3) is 3.99. The fraction of sp³-hybridized carbons (Fsp3) is 0.538. The summed E-state index contributed by atoms with van der Waals surface area (Å²) >= 11 is 0. The molecule has 0 spiro atoms. The molecule has 4 nitrogen and oxygen atoms in total. The lowest BCUT2D eigenvalue weighted by atomic mass is 10.1. The number of aliphatic hydroxyl groups is 1. The van der Waals surface area contributed by atoms with Gasteiger partial charge in [0.25, 0.3) is 0 Å². The maximum atomic E-state index is 11.6. The largest absolute Gasteiger partial charge is 0.391 e. The van der Waals surface area contributed by atoms with E-state index in [4.69, 9.17) is 0 Å². The van der Waals surface area contributed by atoms with Crippen LogP contribution in [0.5, 0.6) is 0 Å². The number of hydrogen-bond donors (Lipinski definition) is 2. The molecule has 1 atom stereocenters. The van der Waals surface area contributed by atoms with Crippen LogP contribution in [0.4, 0.5) is 5.69 Å². The molecule has 0 aliphatic carbocycles. The van der Waals surface area contributed by atoms with E-state index in [9.17, 15) is 13.5 Å². The first-order chi connectivity index (χ1) is 8.36.